The molecule has 2 rings (SSSR count). The van der Waals surface area contributed by atoms with Crippen LogP contribution in [0.5, 0.6) is 5.75 Å². The van der Waals surface area contributed by atoms with Crippen molar-refractivity contribution in [1.29, 1.82) is 0 Å². The van der Waals surface area contributed by atoms with Gasteiger partial charge in [0.2, 0.25) is 0 Å². The summed E-state index contributed by atoms with van der Waals surface area (Å²) in [4.78, 5) is 0.943. The Hall–Kier alpha value is -0.630. The summed E-state index contributed by atoms with van der Waals surface area (Å²) in [6, 6.07) is 7.95. The Kier molecular flexibility index (Phi) is 3.35. The predicted octanol–water partition coefficient (Wildman–Crippen LogP) is 3.69. The van der Waals surface area contributed by atoms with E-state index >= 15 is 0 Å². The molecular weight excluding hydrogens is 192 g/mol. The maximum atomic E-state index is 5.91. The van der Waals surface area contributed by atoms with Crippen LogP contribution in [0.2, 0.25) is 0 Å². The van der Waals surface area contributed by atoms with E-state index in [-0.39, 0.29) is 0 Å². The Bertz CT molecular complexity index is 292. The normalized spacial score (nSPS) is 18.1. The third-order valence-corrected chi connectivity index (χ3v) is 3.08. The van der Waals surface area contributed by atoms with Crippen molar-refractivity contribution in [2.45, 2.75) is 43.1 Å². The fourth-order valence-electron chi connectivity index (χ4n) is 1.92. The van der Waals surface area contributed by atoms with E-state index in [4.69, 9.17) is 4.74 Å². The van der Waals surface area contributed by atoms with Gasteiger partial charge in [0.1, 0.15) is 5.75 Å². The molecule has 0 radical (unpaired) electrons. The van der Waals surface area contributed by atoms with Crippen LogP contribution < -0.4 is 4.74 Å². The highest BCUT2D eigenvalue weighted by atomic mass is 32.1. The van der Waals surface area contributed by atoms with Gasteiger partial charge in [-0.15, -0.1) is 12.6 Å². The molecule has 1 aromatic rings. The van der Waals surface area contributed by atoms with Crippen molar-refractivity contribution >= 4 is 12.6 Å². The van der Waals surface area contributed by atoms with Gasteiger partial charge in [-0.25, -0.2) is 0 Å². The Balaban J connectivity index is 1.99. The molecule has 0 heterocycles. The van der Waals surface area contributed by atoms with E-state index in [0.29, 0.717) is 6.10 Å². The lowest BCUT2D eigenvalue weighted by Crippen LogP contribution is -2.19. The Morgan fingerprint density at radius 1 is 1.07 bits per heavy atom. The summed E-state index contributed by atoms with van der Waals surface area (Å²) in [5, 5.41) is 0. The van der Waals surface area contributed by atoms with E-state index in [1.807, 2.05) is 24.3 Å². The maximum absolute atomic E-state index is 5.91. The van der Waals surface area contributed by atoms with Gasteiger partial charge in [-0.2, -0.15) is 0 Å². The van der Waals surface area contributed by atoms with Crippen molar-refractivity contribution < 1.29 is 4.74 Å². The van der Waals surface area contributed by atoms with Crippen LogP contribution in [0, 0.1) is 0 Å². The minimum atomic E-state index is 0.414. The zero-order valence-corrected chi connectivity index (χ0v) is 9.17. The summed E-state index contributed by atoms with van der Waals surface area (Å²) in [6.45, 7) is 0. The van der Waals surface area contributed by atoms with Gasteiger partial charge >= 0.3 is 0 Å². The third kappa shape index (κ3) is 2.44. The molecule has 0 bridgehead atoms. The van der Waals surface area contributed by atoms with Crippen LogP contribution in [-0.2, 0) is 0 Å². The smallest absolute Gasteiger partial charge is 0.133 e. The average molecular weight is 208 g/mol. The Morgan fingerprint density at radius 2 is 1.79 bits per heavy atom. The Morgan fingerprint density at radius 3 is 2.50 bits per heavy atom. The number of hydrogen-bond acceptors (Lipinski definition) is 2. The van der Waals surface area contributed by atoms with E-state index in [1.165, 1.54) is 32.1 Å². The molecule has 0 unspecified atom stereocenters. The topological polar surface area (TPSA) is 9.23 Å². The maximum Gasteiger partial charge on any atom is 0.133 e. The molecular formula is C12H16OS. The van der Waals surface area contributed by atoms with Crippen molar-refractivity contribution in [2.75, 3.05) is 0 Å². The van der Waals surface area contributed by atoms with Crippen molar-refractivity contribution in [1.82, 2.24) is 0 Å². The molecule has 0 atom stereocenters. The SMILES string of the molecule is Sc1ccccc1OC1CCCCC1. The molecule has 0 aromatic heterocycles. The first kappa shape index (κ1) is 9.91. The highest BCUT2D eigenvalue weighted by molar-refractivity contribution is 7.80. The van der Waals surface area contributed by atoms with Crippen molar-refractivity contribution in [3.63, 3.8) is 0 Å². The summed E-state index contributed by atoms with van der Waals surface area (Å²) in [7, 11) is 0. The second-order valence-electron chi connectivity index (χ2n) is 3.85. The zero-order chi connectivity index (χ0) is 9.80. The van der Waals surface area contributed by atoms with E-state index in [0.717, 1.165) is 10.6 Å². The number of rotatable bonds is 2. The summed E-state index contributed by atoms with van der Waals surface area (Å²) in [5.74, 6) is 0.933. The molecule has 0 spiro atoms. The minimum absolute atomic E-state index is 0.414. The standard InChI is InChI=1S/C12H16OS/c14-12-9-5-4-8-11(12)13-10-6-2-1-3-7-10/h4-5,8-10,14H,1-3,6-7H2. The molecule has 1 aliphatic rings. The van der Waals surface area contributed by atoms with Gasteiger partial charge in [0.05, 0.1) is 6.10 Å². The van der Waals surface area contributed by atoms with E-state index in [1.54, 1.807) is 0 Å². The van der Waals surface area contributed by atoms with E-state index < -0.39 is 0 Å². The summed E-state index contributed by atoms with van der Waals surface area (Å²) < 4.78 is 5.91. The second kappa shape index (κ2) is 4.74. The van der Waals surface area contributed by atoms with Gasteiger partial charge in [-0.1, -0.05) is 18.6 Å². The number of benzene rings is 1. The Labute approximate surface area is 90.9 Å². The first-order valence-electron chi connectivity index (χ1n) is 5.31. The lowest BCUT2D eigenvalue weighted by molar-refractivity contribution is 0.151. The fourth-order valence-corrected chi connectivity index (χ4v) is 2.13. The summed E-state index contributed by atoms with van der Waals surface area (Å²) in [6.07, 6.45) is 6.78. The molecule has 1 aliphatic carbocycles. The van der Waals surface area contributed by atoms with E-state index in [2.05, 4.69) is 12.6 Å². The van der Waals surface area contributed by atoms with Gasteiger partial charge in [0.15, 0.2) is 0 Å². The molecule has 1 saturated carbocycles. The highest BCUT2D eigenvalue weighted by Crippen LogP contribution is 2.27. The molecule has 0 amide bonds. The number of ether oxygens (including phenoxy) is 1. The first-order chi connectivity index (χ1) is 6.86. The van der Waals surface area contributed by atoms with Gasteiger partial charge < -0.3 is 4.74 Å². The van der Waals surface area contributed by atoms with Crippen LogP contribution in [0.15, 0.2) is 29.2 Å². The molecule has 2 heteroatoms. The lowest BCUT2D eigenvalue weighted by Gasteiger charge is -2.23. The average Bonchev–Trinajstić information content (AvgIpc) is 2.23. The largest absolute Gasteiger partial charge is 0.489 e. The third-order valence-electron chi connectivity index (χ3n) is 2.71. The molecule has 1 nitrogen and oxygen atoms in total. The zero-order valence-electron chi connectivity index (χ0n) is 8.28. The van der Waals surface area contributed by atoms with Crippen molar-refractivity contribution in [3.8, 4) is 5.75 Å². The molecule has 0 aliphatic heterocycles. The molecule has 1 fully saturated rings. The van der Waals surface area contributed by atoms with Gasteiger partial charge in [-0.05, 0) is 37.8 Å². The quantitative estimate of drug-likeness (QED) is 0.729. The van der Waals surface area contributed by atoms with Crippen LogP contribution in [0.1, 0.15) is 32.1 Å². The van der Waals surface area contributed by atoms with Gasteiger partial charge in [0, 0.05) is 4.90 Å². The van der Waals surface area contributed by atoms with Gasteiger partial charge in [0.25, 0.3) is 0 Å². The van der Waals surface area contributed by atoms with Crippen molar-refractivity contribution in [2.24, 2.45) is 0 Å². The van der Waals surface area contributed by atoms with Crippen LogP contribution in [0.3, 0.4) is 0 Å². The number of thiol groups is 1. The second-order valence-corrected chi connectivity index (χ2v) is 4.33. The lowest BCUT2D eigenvalue weighted by atomic mass is 9.98. The molecule has 76 valence electrons. The van der Waals surface area contributed by atoms with Crippen LogP contribution in [0.25, 0.3) is 0 Å². The van der Waals surface area contributed by atoms with Crippen LogP contribution in [0.4, 0.5) is 0 Å². The van der Waals surface area contributed by atoms with E-state index in [9.17, 15) is 0 Å². The summed E-state index contributed by atoms with van der Waals surface area (Å²) >= 11 is 4.37. The molecule has 1 aromatic carbocycles. The predicted molar refractivity (Wildman–Crippen MR) is 61.2 cm³/mol. The monoisotopic (exact) mass is 208 g/mol. The highest BCUT2D eigenvalue weighted by Gasteiger charge is 2.15. The fraction of sp³-hybridized carbons (Fsp3) is 0.500. The molecule has 14 heavy (non-hydrogen) atoms. The number of para-hydroxylation sites is 1. The van der Waals surface area contributed by atoms with Crippen molar-refractivity contribution in [3.05, 3.63) is 24.3 Å². The first-order valence-corrected chi connectivity index (χ1v) is 5.75. The summed E-state index contributed by atoms with van der Waals surface area (Å²) in [5.41, 5.74) is 0. The van der Waals surface area contributed by atoms with Crippen LogP contribution >= 0.6 is 12.6 Å². The number of hydrogen-bond donors (Lipinski definition) is 1. The molecule has 0 N–H and O–H groups in total. The molecule has 0 saturated heterocycles. The minimum Gasteiger partial charge on any atom is -0.489 e. The van der Waals surface area contributed by atoms with Gasteiger partial charge in [-0.3, -0.25) is 0 Å². The van der Waals surface area contributed by atoms with Crippen LogP contribution in [-0.4, -0.2) is 6.10 Å².